The molecule has 0 saturated heterocycles. The van der Waals surface area contributed by atoms with Crippen LogP contribution in [-0.2, 0) is 37.0 Å². The van der Waals surface area contributed by atoms with Gasteiger partial charge in [-0.1, -0.05) is 0 Å². The second-order valence-electron chi connectivity index (χ2n) is 6.98. The molecule has 4 rings (SSSR count). The quantitative estimate of drug-likeness (QED) is 0.860. The molecule has 2 aromatic heterocycles. The van der Waals surface area contributed by atoms with E-state index in [2.05, 4.69) is 30.3 Å². The van der Waals surface area contributed by atoms with Crippen LogP contribution in [0.15, 0.2) is 0 Å². The first-order valence-corrected chi connectivity index (χ1v) is 8.91. The lowest BCUT2D eigenvalue weighted by Gasteiger charge is -2.12. The van der Waals surface area contributed by atoms with Crippen molar-refractivity contribution in [2.24, 2.45) is 5.92 Å². The van der Waals surface area contributed by atoms with Crippen molar-refractivity contribution in [2.75, 3.05) is 6.54 Å². The molecule has 24 heavy (non-hydrogen) atoms. The summed E-state index contributed by atoms with van der Waals surface area (Å²) in [5.41, 5.74) is 3.72. The number of aromatic nitrogens is 5. The summed E-state index contributed by atoms with van der Waals surface area (Å²) >= 11 is 0. The Morgan fingerprint density at radius 2 is 2.21 bits per heavy atom. The number of aromatic amines is 1. The Bertz CT molecular complexity index is 746. The number of rotatable bonds is 5. The number of carbonyl (C=O) groups is 1. The molecular weight excluding hydrogens is 304 g/mol. The third-order valence-electron chi connectivity index (χ3n) is 5.24. The Hall–Kier alpha value is -2.18. The van der Waals surface area contributed by atoms with E-state index in [1.807, 2.05) is 6.92 Å². The largest absolute Gasteiger partial charge is 0.356 e. The lowest BCUT2D eigenvalue weighted by molar-refractivity contribution is -0.121. The summed E-state index contributed by atoms with van der Waals surface area (Å²) < 4.78 is 2.15. The summed E-state index contributed by atoms with van der Waals surface area (Å²) in [4.78, 5) is 12.2. The Morgan fingerprint density at radius 1 is 1.33 bits per heavy atom. The van der Waals surface area contributed by atoms with Crippen molar-refractivity contribution in [3.63, 3.8) is 0 Å². The van der Waals surface area contributed by atoms with Crippen molar-refractivity contribution in [3.8, 4) is 0 Å². The van der Waals surface area contributed by atoms with Crippen LogP contribution >= 0.6 is 0 Å². The van der Waals surface area contributed by atoms with E-state index in [1.165, 1.54) is 24.1 Å². The van der Waals surface area contributed by atoms with Crippen LogP contribution in [0.2, 0.25) is 0 Å². The molecular formula is C17H24N6O. The molecule has 7 heteroatoms. The molecule has 1 aliphatic heterocycles. The van der Waals surface area contributed by atoms with Gasteiger partial charge in [0.05, 0.1) is 5.69 Å². The Balaban J connectivity index is 1.24. The van der Waals surface area contributed by atoms with Crippen LogP contribution in [0.1, 0.15) is 47.9 Å². The number of aryl methyl sites for hydroxylation is 3. The maximum absolute atomic E-state index is 12.2. The highest BCUT2D eigenvalue weighted by molar-refractivity contribution is 5.76. The summed E-state index contributed by atoms with van der Waals surface area (Å²) in [6.45, 7) is 3.59. The maximum Gasteiger partial charge on any atom is 0.220 e. The molecule has 0 radical (unpaired) electrons. The SMILES string of the molecule is Cc1nnc2n1CC(CNC(=O)CCc1n[nH]c3c1CCCC3)C2. The van der Waals surface area contributed by atoms with Crippen LogP contribution in [0.25, 0.3) is 0 Å². The van der Waals surface area contributed by atoms with Crippen molar-refractivity contribution in [3.05, 3.63) is 28.6 Å². The zero-order chi connectivity index (χ0) is 16.5. The smallest absolute Gasteiger partial charge is 0.220 e. The molecule has 1 atom stereocenters. The number of nitrogens with one attached hydrogen (secondary N) is 2. The van der Waals surface area contributed by atoms with Gasteiger partial charge in [0, 0.05) is 44.0 Å². The van der Waals surface area contributed by atoms with Crippen molar-refractivity contribution >= 4 is 5.91 Å². The highest BCUT2D eigenvalue weighted by Gasteiger charge is 2.25. The van der Waals surface area contributed by atoms with E-state index >= 15 is 0 Å². The van der Waals surface area contributed by atoms with Gasteiger partial charge >= 0.3 is 0 Å². The van der Waals surface area contributed by atoms with Gasteiger partial charge in [0.25, 0.3) is 0 Å². The summed E-state index contributed by atoms with van der Waals surface area (Å²) in [6, 6.07) is 0. The molecule has 3 heterocycles. The predicted octanol–water partition coefficient (Wildman–Crippen LogP) is 1.11. The predicted molar refractivity (Wildman–Crippen MR) is 88.5 cm³/mol. The fraction of sp³-hybridized carbons (Fsp3) is 0.647. The summed E-state index contributed by atoms with van der Waals surface area (Å²) in [6.07, 6.45) is 6.80. The number of H-pyrrole nitrogens is 1. The summed E-state index contributed by atoms with van der Waals surface area (Å²) in [5, 5.41) is 18.9. The molecule has 1 unspecified atom stereocenters. The molecule has 0 saturated carbocycles. The van der Waals surface area contributed by atoms with E-state index in [-0.39, 0.29) is 5.91 Å². The number of amides is 1. The van der Waals surface area contributed by atoms with Crippen molar-refractivity contribution in [1.29, 1.82) is 0 Å². The minimum atomic E-state index is 0.113. The van der Waals surface area contributed by atoms with Crippen LogP contribution in [0, 0.1) is 12.8 Å². The summed E-state index contributed by atoms with van der Waals surface area (Å²) in [7, 11) is 0. The van der Waals surface area contributed by atoms with Gasteiger partial charge in [0.1, 0.15) is 11.6 Å². The monoisotopic (exact) mass is 328 g/mol. The second kappa shape index (κ2) is 6.37. The van der Waals surface area contributed by atoms with Crippen LogP contribution < -0.4 is 5.32 Å². The van der Waals surface area contributed by atoms with Gasteiger partial charge in [-0.05, 0) is 38.2 Å². The molecule has 0 aromatic carbocycles. The number of carbonyl (C=O) groups excluding carboxylic acids is 1. The standard InChI is InChI=1S/C17H24N6O/c1-11-19-22-16-8-12(10-23(11)16)9-18-17(24)7-6-15-13-4-2-3-5-14(13)20-21-15/h12H,2-10H2,1H3,(H,18,24)(H,20,21). The maximum atomic E-state index is 12.2. The Kier molecular flexibility index (Phi) is 4.08. The van der Waals surface area contributed by atoms with Crippen molar-refractivity contribution in [1.82, 2.24) is 30.3 Å². The third kappa shape index (κ3) is 2.95. The molecule has 1 amide bonds. The van der Waals surface area contributed by atoms with Gasteiger partial charge in [0.2, 0.25) is 5.91 Å². The van der Waals surface area contributed by atoms with Gasteiger partial charge in [-0.3, -0.25) is 9.89 Å². The molecule has 0 fully saturated rings. The Labute approximate surface area is 141 Å². The second-order valence-corrected chi connectivity index (χ2v) is 6.98. The van der Waals surface area contributed by atoms with E-state index in [4.69, 9.17) is 0 Å². The average Bonchev–Trinajstić information content (AvgIpc) is 3.27. The van der Waals surface area contributed by atoms with E-state index in [0.717, 1.165) is 49.6 Å². The normalized spacial score (nSPS) is 19.1. The molecule has 1 aliphatic carbocycles. The zero-order valence-corrected chi connectivity index (χ0v) is 14.1. The van der Waals surface area contributed by atoms with Crippen molar-refractivity contribution in [2.45, 2.75) is 58.4 Å². The first-order chi connectivity index (χ1) is 11.7. The van der Waals surface area contributed by atoms with Gasteiger partial charge in [-0.15, -0.1) is 10.2 Å². The number of hydrogen-bond donors (Lipinski definition) is 2. The van der Waals surface area contributed by atoms with Gasteiger partial charge in [-0.25, -0.2) is 0 Å². The Morgan fingerprint density at radius 3 is 3.08 bits per heavy atom. The number of fused-ring (bicyclic) bond motifs is 2. The first kappa shape index (κ1) is 15.4. The van der Waals surface area contributed by atoms with Crippen LogP contribution in [-0.4, -0.2) is 37.4 Å². The molecule has 2 aromatic rings. The van der Waals surface area contributed by atoms with Gasteiger partial charge in [0.15, 0.2) is 0 Å². The molecule has 2 N–H and O–H groups in total. The molecule has 2 aliphatic rings. The highest BCUT2D eigenvalue weighted by atomic mass is 16.1. The lowest BCUT2D eigenvalue weighted by atomic mass is 9.94. The highest BCUT2D eigenvalue weighted by Crippen LogP contribution is 2.23. The van der Waals surface area contributed by atoms with E-state index in [9.17, 15) is 4.79 Å². The van der Waals surface area contributed by atoms with Gasteiger partial charge in [-0.2, -0.15) is 5.10 Å². The topological polar surface area (TPSA) is 88.5 Å². The van der Waals surface area contributed by atoms with E-state index in [1.54, 1.807) is 0 Å². The first-order valence-electron chi connectivity index (χ1n) is 8.91. The van der Waals surface area contributed by atoms with Crippen LogP contribution in [0.3, 0.4) is 0 Å². The van der Waals surface area contributed by atoms with Crippen LogP contribution in [0.5, 0.6) is 0 Å². The summed E-state index contributed by atoms with van der Waals surface area (Å²) in [5.74, 6) is 2.54. The van der Waals surface area contributed by atoms with E-state index in [0.29, 0.717) is 18.9 Å². The van der Waals surface area contributed by atoms with Gasteiger partial charge < -0.3 is 9.88 Å². The molecule has 7 nitrogen and oxygen atoms in total. The average molecular weight is 328 g/mol. The minimum absolute atomic E-state index is 0.113. The molecule has 0 bridgehead atoms. The number of nitrogens with zero attached hydrogens (tertiary/aromatic N) is 4. The minimum Gasteiger partial charge on any atom is -0.356 e. The molecule has 128 valence electrons. The zero-order valence-electron chi connectivity index (χ0n) is 14.1. The third-order valence-corrected chi connectivity index (χ3v) is 5.24. The van der Waals surface area contributed by atoms with E-state index < -0.39 is 0 Å². The van der Waals surface area contributed by atoms with Crippen molar-refractivity contribution < 1.29 is 4.79 Å². The fourth-order valence-electron chi connectivity index (χ4n) is 3.87. The fourth-order valence-corrected chi connectivity index (χ4v) is 3.87. The van der Waals surface area contributed by atoms with Crippen LogP contribution in [0.4, 0.5) is 0 Å². The lowest BCUT2D eigenvalue weighted by Crippen LogP contribution is -2.30. The number of hydrogen-bond acceptors (Lipinski definition) is 4. The molecule has 0 spiro atoms.